The molecule has 0 saturated heterocycles. The molecule has 0 bridgehead atoms. The van der Waals surface area contributed by atoms with Gasteiger partial charge in [-0.2, -0.15) is 0 Å². The van der Waals surface area contributed by atoms with E-state index in [1.807, 2.05) is 31.2 Å². The van der Waals surface area contributed by atoms with Crippen molar-refractivity contribution in [3.05, 3.63) is 65.2 Å². The van der Waals surface area contributed by atoms with Gasteiger partial charge in [0.2, 0.25) is 0 Å². The van der Waals surface area contributed by atoms with Crippen LogP contribution in [0.15, 0.2) is 48.5 Å². The van der Waals surface area contributed by atoms with Crippen molar-refractivity contribution in [3.8, 4) is 11.5 Å². The van der Waals surface area contributed by atoms with Crippen molar-refractivity contribution < 1.29 is 23.8 Å². The van der Waals surface area contributed by atoms with E-state index < -0.39 is 5.97 Å². The van der Waals surface area contributed by atoms with Gasteiger partial charge in [0.05, 0.1) is 13.2 Å². The van der Waals surface area contributed by atoms with Gasteiger partial charge in [-0.1, -0.05) is 29.8 Å². The Kier molecular flexibility index (Phi) is 5.69. The summed E-state index contributed by atoms with van der Waals surface area (Å²) >= 11 is 0. The highest BCUT2D eigenvalue weighted by molar-refractivity contribution is 5.99. The van der Waals surface area contributed by atoms with Gasteiger partial charge in [0, 0.05) is 18.1 Å². The number of ketones is 1. The second-order valence-electron chi connectivity index (χ2n) is 5.99. The summed E-state index contributed by atoms with van der Waals surface area (Å²) in [6.45, 7) is 2.79. The van der Waals surface area contributed by atoms with Crippen LogP contribution in [-0.4, -0.2) is 31.6 Å². The van der Waals surface area contributed by atoms with E-state index in [0.717, 1.165) is 17.5 Å². The third-order valence-electron chi connectivity index (χ3n) is 3.87. The third-order valence-corrected chi connectivity index (χ3v) is 3.87. The predicted molar refractivity (Wildman–Crippen MR) is 97.6 cm³/mol. The standard InChI is InChI=1S/C21H20O5/c1-15-4-2-5-16(12-15)6-9-21(23)26-14-18(22)17-7-8-19-20(13-17)25-11-3-10-24-19/h2,4-9,12-13H,3,10-11,14H2,1H3/b9-6+. The second-order valence-corrected chi connectivity index (χ2v) is 5.99. The van der Waals surface area contributed by atoms with E-state index in [2.05, 4.69) is 0 Å². The quantitative estimate of drug-likeness (QED) is 0.467. The van der Waals surface area contributed by atoms with Crippen LogP contribution in [0.3, 0.4) is 0 Å². The minimum absolute atomic E-state index is 0.294. The number of carbonyl (C=O) groups is 2. The molecule has 0 spiro atoms. The predicted octanol–water partition coefficient (Wildman–Crippen LogP) is 3.60. The highest BCUT2D eigenvalue weighted by atomic mass is 16.5. The summed E-state index contributed by atoms with van der Waals surface area (Å²) in [5.41, 5.74) is 2.42. The van der Waals surface area contributed by atoms with E-state index in [1.54, 1.807) is 24.3 Å². The molecule has 134 valence electrons. The first-order valence-corrected chi connectivity index (χ1v) is 8.46. The number of hydrogen-bond donors (Lipinski definition) is 0. The molecule has 0 unspecified atom stereocenters. The fourth-order valence-corrected chi connectivity index (χ4v) is 2.54. The fraction of sp³-hybridized carbons (Fsp3) is 0.238. The molecule has 2 aromatic rings. The van der Waals surface area contributed by atoms with Crippen molar-refractivity contribution in [1.29, 1.82) is 0 Å². The third kappa shape index (κ3) is 4.72. The number of rotatable bonds is 5. The Labute approximate surface area is 152 Å². The summed E-state index contributed by atoms with van der Waals surface area (Å²) in [5.74, 6) is 0.309. The van der Waals surface area contributed by atoms with Crippen LogP contribution in [0, 0.1) is 6.92 Å². The maximum absolute atomic E-state index is 12.2. The Morgan fingerprint density at radius 3 is 2.69 bits per heavy atom. The lowest BCUT2D eigenvalue weighted by molar-refractivity contribution is -0.136. The molecule has 5 nitrogen and oxygen atoms in total. The van der Waals surface area contributed by atoms with Crippen LogP contribution >= 0.6 is 0 Å². The van der Waals surface area contributed by atoms with Gasteiger partial charge in [0.25, 0.3) is 0 Å². The first-order valence-electron chi connectivity index (χ1n) is 8.46. The van der Waals surface area contributed by atoms with Crippen LogP contribution in [0.5, 0.6) is 11.5 Å². The number of fused-ring (bicyclic) bond motifs is 1. The minimum Gasteiger partial charge on any atom is -0.490 e. The van der Waals surface area contributed by atoms with Gasteiger partial charge in [0.1, 0.15) is 0 Å². The number of hydrogen-bond acceptors (Lipinski definition) is 5. The van der Waals surface area contributed by atoms with Gasteiger partial charge >= 0.3 is 5.97 Å². The summed E-state index contributed by atoms with van der Waals surface area (Å²) < 4.78 is 16.1. The van der Waals surface area contributed by atoms with Crippen LogP contribution in [0.2, 0.25) is 0 Å². The zero-order valence-electron chi connectivity index (χ0n) is 14.6. The van der Waals surface area contributed by atoms with E-state index in [1.165, 1.54) is 6.08 Å². The molecule has 26 heavy (non-hydrogen) atoms. The number of aryl methyl sites for hydroxylation is 1. The Morgan fingerprint density at radius 1 is 1.08 bits per heavy atom. The number of ether oxygens (including phenoxy) is 3. The normalized spacial score (nSPS) is 13.3. The Hall–Kier alpha value is -3.08. The van der Waals surface area contributed by atoms with Crippen molar-refractivity contribution in [3.63, 3.8) is 0 Å². The Balaban J connectivity index is 1.56. The number of esters is 1. The average molecular weight is 352 g/mol. The molecule has 3 rings (SSSR count). The molecule has 0 radical (unpaired) electrons. The SMILES string of the molecule is Cc1cccc(/C=C/C(=O)OCC(=O)c2ccc3c(c2)OCCCO3)c1. The molecule has 0 saturated carbocycles. The zero-order chi connectivity index (χ0) is 18.4. The van der Waals surface area contributed by atoms with Gasteiger partial charge in [-0.05, 0) is 36.8 Å². The van der Waals surface area contributed by atoms with E-state index >= 15 is 0 Å². The van der Waals surface area contributed by atoms with Crippen molar-refractivity contribution >= 4 is 17.8 Å². The largest absolute Gasteiger partial charge is 0.490 e. The molecule has 2 aromatic carbocycles. The van der Waals surface area contributed by atoms with Crippen molar-refractivity contribution in [1.82, 2.24) is 0 Å². The lowest BCUT2D eigenvalue weighted by atomic mass is 10.1. The molecular formula is C21H20O5. The Morgan fingerprint density at radius 2 is 1.88 bits per heavy atom. The van der Waals surface area contributed by atoms with Crippen LogP contribution in [0.1, 0.15) is 27.9 Å². The van der Waals surface area contributed by atoms with Gasteiger partial charge < -0.3 is 14.2 Å². The summed E-state index contributed by atoms with van der Waals surface area (Å²) in [6, 6.07) is 12.7. The van der Waals surface area contributed by atoms with Gasteiger partial charge in [-0.15, -0.1) is 0 Å². The maximum Gasteiger partial charge on any atom is 0.331 e. The lowest BCUT2D eigenvalue weighted by Crippen LogP contribution is -2.12. The van der Waals surface area contributed by atoms with Crippen LogP contribution in [0.25, 0.3) is 6.08 Å². The van der Waals surface area contributed by atoms with Crippen molar-refractivity contribution in [2.45, 2.75) is 13.3 Å². The van der Waals surface area contributed by atoms with E-state index in [9.17, 15) is 9.59 Å². The molecule has 5 heteroatoms. The number of carbonyl (C=O) groups excluding carboxylic acids is 2. The number of benzene rings is 2. The van der Waals surface area contributed by atoms with Crippen molar-refractivity contribution in [2.75, 3.05) is 19.8 Å². The van der Waals surface area contributed by atoms with Crippen LogP contribution < -0.4 is 9.47 Å². The van der Waals surface area contributed by atoms with E-state index in [4.69, 9.17) is 14.2 Å². The maximum atomic E-state index is 12.2. The fourth-order valence-electron chi connectivity index (χ4n) is 2.54. The molecule has 1 aliphatic rings. The molecule has 1 heterocycles. The summed E-state index contributed by atoms with van der Waals surface area (Å²) in [6.07, 6.45) is 3.77. The van der Waals surface area contributed by atoms with Crippen LogP contribution in [-0.2, 0) is 9.53 Å². The highest BCUT2D eigenvalue weighted by Gasteiger charge is 2.15. The molecule has 0 aliphatic carbocycles. The van der Waals surface area contributed by atoms with Gasteiger partial charge in [-0.3, -0.25) is 4.79 Å². The molecular weight excluding hydrogens is 332 g/mol. The van der Waals surface area contributed by atoms with Crippen molar-refractivity contribution in [2.24, 2.45) is 0 Å². The van der Waals surface area contributed by atoms with Crippen LogP contribution in [0.4, 0.5) is 0 Å². The topological polar surface area (TPSA) is 61.8 Å². The first-order chi connectivity index (χ1) is 12.6. The summed E-state index contributed by atoms with van der Waals surface area (Å²) in [5, 5.41) is 0. The molecule has 0 aromatic heterocycles. The molecule has 1 aliphatic heterocycles. The summed E-state index contributed by atoms with van der Waals surface area (Å²) in [4.78, 5) is 24.1. The Bertz CT molecular complexity index is 838. The molecule has 0 atom stereocenters. The summed E-state index contributed by atoms with van der Waals surface area (Å²) in [7, 11) is 0. The minimum atomic E-state index is -0.561. The van der Waals surface area contributed by atoms with E-state index in [-0.39, 0.29) is 12.4 Å². The van der Waals surface area contributed by atoms with Gasteiger partial charge in [0.15, 0.2) is 23.9 Å². The first kappa shape index (κ1) is 17.7. The smallest absolute Gasteiger partial charge is 0.331 e. The lowest BCUT2D eigenvalue weighted by Gasteiger charge is -2.08. The average Bonchev–Trinajstić information content (AvgIpc) is 2.89. The second kappa shape index (κ2) is 8.34. The highest BCUT2D eigenvalue weighted by Crippen LogP contribution is 2.30. The van der Waals surface area contributed by atoms with E-state index in [0.29, 0.717) is 30.3 Å². The van der Waals surface area contributed by atoms with Gasteiger partial charge in [-0.25, -0.2) is 4.79 Å². The zero-order valence-corrected chi connectivity index (χ0v) is 14.6. The monoisotopic (exact) mass is 352 g/mol. The molecule has 0 N–H and O–H groups in total. The molecule has 0 amide bonds. The number of Topliss-reactive ketones (excluding diaryl/α,β-unsaturated/α-hetero) is 1. The molecule has 0 fully saturated rings.